The first-order valence-electron chi connectivity index (χ1n) is 4.13. The Morgan fingerprint density at radius 2 is 2.36 bits per heavy atom. The molecule has 0 heterocycles. The number of quaternary nitrogens is 1. The topological polar surface area (TPSA) is 65.5 Å². The van der Waals surface area contributed by atoms with Gasteiger partial charge in [0.2, 0.25) is 0 Å². The summed E-state index contributed by atoms with van der Waals surface area (Å²) in [6.45, 7) is 2.12. The van der Waals surface area contributed by atoms with Crippen LogP contribution in [0.1, 0.15) is 13.3 Å². The van der Waals surface area contributed by atoms with E-state index in [1.165, 1.54) is 0 Å². The normalized spacial score (nSPS) is 56.2. The van der Waals surface area contributed by atoms with Crippen molar-refractivity contribution in [3.8, 4) is 0 Å². The van der Waals surface area contributed by atoms with E-state index in [4.69, 9.17) is 5.73 Å². The third-order valence-electron chi connectivity index (χ3n) is 3.60. The highest BCUT2D eigenvalue weighted by atomic mass is 16.5. The van der Waals surface area contributed by atoms with Crippen molar-refractivity contribution in [1.82, 2.24) is 5.43 Å². The molecule has 4 N–H and O–H groups in total. The summed E-state index contributed by atoms with van der Waals surface area (Å²) in [5.74, 6) is 1.09. The van der Waals surface area contributed by atoms with Crippen LogP contribution in [0.2, 0.25) is 0 Å². The van der Waals surface area contributed by atoms with E-state index in [0.717, 1.165) is 6.42 Å². The van der Waals surface area contributed by atoms with E-state index >= 15 is 0 Å². The van der Waals surface area contributed by atoms with Crippen LogP contribution < -0.4 is 16.3 Å². The number of hydroxylamine groups is 1. The van der Waals surface area contributed by atoms with Crippen LogP contribution in [0.4, 0.5) is 0 Å². The molecule has 0 aromatic heterocycles. The summed E-state index contributed by atoms with van der Waals surface area (Å²) in [4.78, 5) is 0. The zero-order valence-corrected chi connectivity index (χ0v) is 6.92. The third kappa shape index (κ3) is 0.597. The van der Waals surface area contributed by atoms with Crippen LogP contribution in [0.15, 0.2) is 0 Å². The predicted octanol–water partition coefficient (Wildman–Crippen LogP) is -1.76. The minimum Gasteiger partial charge on any atom is -0.613 e. The lowest BCUT2D eigenvalue weighted by atomic mass is 9.87. The summed E-state index contributed by atoms with van der Waals surface area (Å²) >= 11 is 0. The van der Waals surface area contributed by atoms with E-state index in [2.05, 4.69) is 12.3 Å². The van der Waals surface area contributed by atoms with Crippen LogP contribution in [0.3, 0.4) is 0 Å². The minimum atomic E-state index is -0.158. The molecule has 4 nitrogen and oxygen atoms in total. The second kappa shape index (κ2) is 1.95. The van der Waals surface area contributed by atoms with Gasteiger partial charge in [-0.05, 0) is 6.42 Å². The average molecular weight is 157 g/mol. The molecular formula is C7H15N3O. The highest BCUT2D eigenvalue weighted by Gasteiger charge is 2.78. The van der Waals surface area contributed by atoms with Crippen molar-refractivity contribution in [1.29, 1.82) is 0 Å². The molecule has 0 aromatic rings. The Morgan fingerprint density at radius 3 is 2.55 bits per heavy atom. The molecule has 64 valence electrons. The number of nitrogens with one attached hydrogen (secondary N) is 2. The molecule has 2 aliphatic rings. The van der Waals surface area contributed by atoms with Gasteiger partial charge in [-0.3, -0.25) is 5.17 Å². The Labute approximate surface area is 66.3 Å². The van der Waals surface area contributed by atoms with E-state index in [1.54, 1.807) is 7.05 Å². The van der Waals surface area contributed by atoms with Gasteiger partial charge in [-0.2, -0.15) is 5.43 Å². The number of nitrogens with two attached hydrogens (primary N) is 1. The van der Waals surface area contributed by atoms with Gasteiger partial charge in [-0.15, -0.1) is 0 Å². The van der Waals surface area contributed by atoms with Crippen molar-refractivity contribution in [3.63, 3.8) is 0 Å². The molecule has 2 fully saturated rings. The molecule has 5 unspecified atom stereocenters. The fourth-order valence-electron chi connectivity index (χ4n) is 2.76. The first-order chi connectivity index (χ1) is 5.15. The maximum atomic E-state index is 11.4. The summed E-state index contributed by atoms with van der Waals surface area (Å²) in [7, 11) is 1.68. The smallest absolute Gasteiger partial charge is 0.136 e. The molecule has 11 heavy (non-hydrogen) atoms. The minimum absolute atomic E-state index is 0.113. The lowest BCUT2D eigenvalue weighted by molar-refractivity contribution is -0.940. The van der Waals surface area contributed by atoms with E-state index < -0.39 is 0 Å². The summed E-state index contributed by atoms with van der Waals surface area (Å²) in [6.07, 6.45) is 1.04. The van der Waals surface area contributed by atoms with Crippen LogP contribution in [-0.2, 0) is 0 Å². The Bertz CT molecular complexity index is 171. The largest absolute Gasteiger partial charge is 0.613 e. The Hall–Kier alpha value is -0.160. The first kappa shape index (κ1) is 7.49. The summed E-state index contributed by atoms with van der Waals surface area (Å²) in [6, 6.07) is 0.113. The molecule has 2 aliphatic carbocycles. The SMILES string of the molecule is CN[NH+]([O-])C12C(N)CC1C2C. The Kier molecular flexibility index (Phi) is 1.33. The second-order valence-electron chi connectivity index (χ2n) is 3.75. The van der Waals surface area contributed by atoms with Crippen LogP contribution in [0, 0.1) is 17.0 Å². The zero-order chi connectivity index (χ0) is 8.22. The number of fused-ring (bicyclic) bond motifs is 1. The van der Waals surface area contributed by atoms with Gasteiger partial charge < -0.3 is 10.9 Å². The molecule has 0 amide bonds. The van der Waals surface area contributed by atoms with Crippen molar-refractivity contribution < 1.29 is 5.17 Å². The van der Waals surface area contributed by atoms with Crippen molar-refractivity contribution in [2.75, 3.05) is 7.05 Å². The molecule has 4 heteroatoms. The molecule has 2 saturated carbocycles. The Balaban J connectivity index is 2.12. The standard InChI is InChI=1S/C7H15N3O/c1-4-5-3-6(8)7(4,5)10(11)9-2/h4-6,9-10H,3,8H2,1-2H3. The molecule has 0 aliphatic heterocycles. The summed E-state index contributed by atoms with van der Waals surface area (Å²) < 4.78 is 0. The Morgan fingerprint density at radius 1 is 1.73 bits per heavy atom. The fourth-order valence-corrected chi connectivity index (χ4v) is 2.76. The lowest BCUT2D eigenvalue weighted by Gasteiger charge is -2.41. The molecule has 0 bridgehead atoms. The zero-order valence-electron chi connectivity index (χ0n) is 6.92. The van der Waals surface area contributed by atoms with E-state index in [1.807, 2.05) is 0 Å². The van der Waals surface area contributed by atoms with Gasteiger partial charge in [0.15, 0.2) is 0 Å². The van der Waals surface area contributed by atoms with Crippen LogP contribution >= 0.6 is 0 Å². The van der Waals surface area contributed by atoms with Gasteiger partial charge in [0.1, 0.15) is 5.54 Å². The molecule has 0 aromatic carbocycles. The molecule has 0 saturated heterocycles. The first-order valence-corrected chi connectivity index (χ1v) is 4.13. The van der Waals surface area contributed by atoms with Crippen LogP contribution in [0.25, 0.3) is 0 Å². The quantitative estimate of drug-likeness (QED) is 0.416. The molecule has 5 atom stereocenters. The second-order valence-corrected chi connectivity index (χ2v) is 3.75. The van der Waals surface area contributed by atoms with Gasteiger partial charge in [0, 0.05) is 18.9 Å². The molecule has 0 spiro atoms. The van der Waals surface area contributed by atoms with Gasteiger partial charge >= 0.3 is 0 Å². The van der Waals surface area contributed by atoms with Gasteiger partial charge in [-0.25, -0.2) is 0 Å². The van der Waals surface area contributed by atoms with Crippen LogP contribution in [-0.4, -0.2) is 18.6 Å². The average Bonchev–Trinajstić information content (AvgIpc) is 2.47. The number of rotatable bonds is 2. The number of hydrogen-bond donors (Lipinski definition) is 3. The van der Waals surface area contributed by atoms with Gasteiger partial charge in [0.05, 0.1) is 6.04 Å². The van der Waals surface area contributed by atoms with Crippen molar-refractivity contribution in [3.05, 3.63) is 5.21 Å². The highest BCUT2D eigenvalue weighted by molar-refractivity contribution is 5.25. The third-order valence-corrected chi connectivity index (χ3v) is 3.60. The summed E-state index contributed by atoms with van der Waals surface area (Å²) in [5.41, 5.74) is 8.34. The van der Waals surface area contributed by atoms with Crippen LogP contribution in [0.5, 0.6) is 0 Å². The van der Waals surface area contributed by atoms with Crippen molar-refractivity contribution >= 4 is 0 Å². The van der Waals surface area contributed by atoms with E-state index in [9.17, 15) is 5.21 Å². The maximum absolute atomic E-state index is 11.4. The molecular weight excluding hydrogens is 142 g/mol. The van der Waals surface area contributed by atoms with Crippen molar-refractivity contribution in [2.24, 2.45) is 17.6 Å². The van der Waals surface area contributed by atoms with E-state index in [-0.39, 0.29) is 16.8 Å². The van der Waals surface area contributed by atoms with Crippen molar-refractivity contribution in [2.45, 2.75) is 24.9 Å². The van der Waals surface area contributed by atoms with Gasteiger partial charge in [0.25, 0.3) is 0 Å². The molecule has 0 radical (unpaired) electrons. The number of hydrogen-bond acceptors (Lipinski definition) is 3. The lowest BCUT2D eigenvalue weighted by Crippen LogP contribution is -3.22. The summed E-state index contributed by atoms with van der Waals surface area (Å²) in [5, 5.41) is 11.5. The van der Waals surface area contributed by atoms with E-state index in [0.29, 0.717) is 11.8 Å². The maximum Gasteiger partial charge on any atom is 0.136 e. The van der Waals surface area contributed by atoms with Gasteiger partial charge in [-0.1, -0.05) is 6.92 Å². The predicted molar refractivity (Wildman–Crippen MR) is 41.4 cm³/mol. The fraction of sp³-hybridized carbons (Fsp3) is 1.00. The highest BCUT2D eigenvalue weighted by Crippen LogP contribution is 2.61. The molecule has 2 rings (SSSR count). The monoisotopic (exact) mass is 157 g/mol.